The third kappa shape index (κ3) is 5.07. The summed E-state index contributed by atoms with van der Waals surface area (Å²) in [6, 6.07) is 10.1. The third-order valence-electron chi connectivity index (χ3n) is 13.7. The topological polar surface area (TPSA) is 47.6 Å². The lowest BCUT2D eigenvalue weighted by Gasteiger charge is -2.59. The lowest BCUT2D eigenvalue weighted by Crippen LogP contribution is -2.62. The van der Waals surface area contributed by atoms with E-state index in [0.29, 0.717) is 23.9 Å². The molecule has 9 atom stereocenters. The van der Waals surface area contributed by atoms with Gasteiger partial charge in [0.15, 0.2) is 8.32 Å². The Hall–Kier alpha value is -1.43. The highest BCUT2D eigenvalue weighted by atomic mass is 28.4. The van der Waals surface area contributed by atoms with E-state index < -0.39 is 13.9 Å². The van der Waals surface area contributed by atoms with Gasteiger partial charge in [0, 0.05) is 18.6 Å². The van der Waals surface area contributed by atoms with E-state index in [4.69, 9.17) is 9.16 Å². The highest BCUT2D eigenvalue weighted by Crippen LogP contribution is 2.68. The van der Waals surface area contributed by atoms with E-state index in [-0.39, 0.29) is 22.5 Å². The van der Waals surface area contributed by atoms with Crippen molar-refractivity contribution >= 4 is 14.3 Å². The molecule has 42 heavy (non-hydrogen) atoms. The average Bonchev–Trinajstić information content (AvgIpc) is 3.28. The monoisotopic (exact) mass is 591 g/mol. The normalized spacial score (nSPS) is 42.2. The fourth-order valence-corrected chi connectivity index (χ4v) is 11.7. The summed E-state index contributed by atoms with van der Waals surface area (Å²) in [4.78, 5) is 13.3. The molecule has 4 nitrogen and oxygen atoms in total. The van der Waals surface area contributed by atoms with Crippen LogP contribution < -0.4 is 5.32 Å². The van der Waals surface area contributed by atoms with Crippen LogP contribution in [-0.2, 0) is 20.4 Å². The van der Waals surface area contributed by atoms with Crippen LogP contribution in [0, 0.1) is 34.5 Å². The highest BCUT2D eigenvalue weighted by molar-refractivity contribution is 6.74. The summed E-state index contributed by atoms with van der Waals surface area (Å²) in [5.74, 6) is 2.59. The van der Waals surface area contributed by atoms with Gasteiger partial charge in [-0.3, -0.25) is 4.79 Å². The third-order valence-corrected chi connectivity index (χ3v) is 18.2. The van der Waals surface area contributed by atoms with Crippen molar-refractivity contribution < 1.29 is 14.0 Å². The summed E-state index contributed by atoms with van der Waals surface area (Å²) in [6.07, 6.45) is 13.6. The predicted octanol–water partition coefficient (Wildman–Crippen LogP) is 8.47. The minimum atomic E-state index is -1.76. The Bertz CT molecular complexity index is 1210. The Morgan fingerprint density at radius 3 is 2.43 bits per heavy atom. The van der Waals surface area contributed by atoms with Crippen molar-refractivity contribution in [1.82, 2.24) is 5.32 Å². The van der Waals surface area contributed by atoms with Crippen LogP contribution in [0.1, 0.15) is 98.5 Å². The molecule has 0 amide bonds. The van der Waals surface area contributed by atoms with Crippen LogP contribution in [-0.4, -0.2) is 38.6 Å². The molecule has 232 valence electrons. The lowest BCUT2D eigenvalue weighted by atomic mass is 9.46. The van der Waals surface area contributed by atoms with Gasteiger partial charge in [-0.25, -0.2) is 0 Å². The van der Waals surface area contributed by atoms with Crippen LogP contribution in [0.4, 0.5) is 0 Å². The van der Waals surface area contributed by atoms with E-state index >= 15 is 0 Å². The van der Waals surface area contributed by atoms with E-state index in [1.165, 1.54) is 50.5 Å². The smallest absolute Gasteiger partial charge is 0.324 e. The van der Waals surface area contributed by atoms with E-state index in [9.17, 15) is 4.79 Å². The maximum atomic E-state index is 13.3. The molecule has 3 saturated carbocycles. The number of morpholine rings is 1. The lowest BCUT2D eigenvalue weighted by molar-refractivity contribution is -0.184. The minimum Gasteiger partial charge on any atom is -0.457 e. The molecule has 1 aliphatic heterocycles. The summed E-state index contributed by atoms with van der Waals surface area (Å²) >= 11 is 0. The largest absolute Gasteiger partial charge is 0.457 e. The van der Waals surface area contributed by atoms with Crippen LogP contribution >= 0.6 is 0 Å². The van der Waals surface area contributed by atoms with Gasteiger partial charge in [-0.15, -0.1) is 0 Å². The molecule has 0 aromatic heterocycles. The van der Waals surface area contributed by atoms with Gasteiger partial charge in [-0.05, 0) is 117 Å². The molecular weight excluding hydrogens is 534 g/mol. The van der Waals surface area contributed by atoms with E-state index in [1.807, 2.05) is 18.2 Å². The van der Waals surface area contributed by atoms with Gasteiger partial charge in [-0.1, -0.05) is 76.6 Å². The first-order valence-electron chi connectivity index (χ1n) is 17.0. The summed E-state index contributed by atoms with van der Waals surface area (Å²) < 4.78 is 13.4. The van der Waals surface area contributed by atoms with Crippen LogP contribution in [0.3, 0.4) is 0 Å². The molecule has 1 saturated heterocycles. The SMILES string of the molecule is CC(C)(C)[Si](C)(C)O[C@H]1CC[C@@]2(C)C(=CC[C@@H]3[C@@H]2CC[C@]2(C)C([C@]4(C)CN[C@@H](Cc5ccccc5)C(=O)O4)CC[C@@H]32)C1. The molecule has 0 bridgehead atoms. The number of cyclic esters (lactones) is 1. The van der Waals surface area contributed by atoms with Crippen molar-refractivity contribution in [2.45, 2.75) is 135 Å². The van der Waals surface area contributed by atoms with Crippen molar-refractivity contribution in [1.29, 1.82) is 0 Å². The highest BCUT2D eigenvalue weighted by Gasteiger charge is 2.63. The zero-order chi connectivity index (χ0) is 30.1. The van der Waals surface area contributed by atoms with E-state index in [0.717, 1.165) is 30.7 Å². The van der Waals surface area contributed by atoms with Crippen molar-refractivity contribution in [2.24, 2.45) is 34.5 Å². The van der Waals surface area contributed by atoms with Gasteiger partial charge >= 0.3 is 5.97 Å². The number of hydrogen-bond donors (Lipinski definition) is 1. The number of benzene rings is 1. The van der Waals surface area contributed by atoms with Gasteiger partial charge in [0.1, 0.15) is 11.6 Å². The molecule has 1 aromatic rings. The quantitative estimate of drug-likeness (QED) is 0.212. The Labute approximate surface area is 256 Å². The number of nitrogens with one attached hydrogen (secondary N) is 1. The zero-order valence-corrected chi connectivity index (χ0v) is 28.7. The average molecular weight is 592 g/mol. The molecule has 1 heterocycles. The molecule has 6 rings (SSSR count). The molecule has 4 fully saturated rings. The van der Waals surface area contributed by atoms with Gasteiger partial charge in [0.05, 0.1) is 0 Å². The summed E-state index contributed by atoms with van der Waals surface area (Å²) in [5, 5.41) is 3.89. The van der Waals surface area contributed by atoms with Crippen molar-refractivity contribution in [3.05, 3.63) is 47.5 Å². The molecule has 0 spiro atoms. The molecule has 1 aromatic carbocycles. The molecule has 5 aliphatic rings. The summed E-state index contributed by atoms with van der Waals surface area (Å²) in [5.41, 5.74) is 3.01. The first-order valence-corrected chi connectivity index (χ1v) is 19.9. The standard InChI is InChI=1S/C37H57NO3Si/c1-34(2,3)42(7,8)41-27-18-20-35(4)26(23-27)14-15-28-29-16-17-32(36(29,5)21-19-30(28)35)37(6)24-38-31(33(39)40-37)22-25-12-10-9-11-13-25/h9-14,27-32,38H,15-24H2,1-8H3/t27-,28-,29-,30-,31-,32?,35-,36-,37-/m0/s1. The number of allylic oxidation sites excluding steroid dienone is 1. The maximum Gasteiger partial charge on any atom is 0.324 e. The number of rotatable bonds is 5. The van der Waals surface area contributed by atoms with Crippen molar-refractivity contribution in [3.63, 3.8) is 0 Å². The summed E-state index contributed by atoms with van der Waals surface area (Å²) in [7, 11) is -1.76. The fourth-order valence-electron chi connectivity index (χ4n) is 10.3. The van der Waals surface area contributed by atoms with Gasteiger partial charge < -0.3 is 14.5 Å². The zero-order valence-electron chi connectivity index (χ0n) is 27.7. The number of carbonyl (C=O) groups is 1. The second-order valence-corrected chi connectivity index (χ2v) is 21.8. The number of esters is 1. The first kappa shape index (κ1) is 30.6. The van der Waals surface area contributed by atoms with E-state index in [2.05, 4.69) is 78.2 Å². The van der Waals surface area contributed by atoms with Crippen LogP contribution in [0.15, 0.2) is 42.0 Å². The van der Waals surface area contributed by atoms with Crippen LogP contribution in [0.2, 0.25) is 18.1 Å². The number of fused-ring (bicyclic) bond motifs is 5. The maximum absolute atomic E-state index is 13.3. The second kappa shape index (κ2) is 10.6. The molecule has 1 unspecified atom stereocenters. The number of ether oxygens (including phenoxy) is 1. The van der Waals surface area contributed by atoms with Crippen molar-refractivity contribution in [3.8, 4) is 0 Å². The fraction of sp³-hybridized carbons (Fsp3) is 0.757. The Morgan fingerprint density at radius 2 is 1.74 bits per heavy atom. The number of carbonyl (C=O) groups excluding carboxylic acids is 1. The van der Waals surface area contributed by atoms with Crippen molar-refractivity contribution in [2.75, 3.05) is 6.54 Å². The van der Waals surface area contributed by atoms with Gasteiger partial charge in [-0.2, -0.15) is 0 Å². The van der Waals surface area contributed by atoms with Gasteiger partial charge in [0.2, 0.25) is 0 Å². The second-order valence-electron chi connectivity index (χ2n) is 17.0. The Morgan fingerprint density at radius 1 is 1.00 bits per heavy atom. The predicted molar refractivity (Wildman–Crippen MR) is 174 cm³/mol. The molecule has 1 N–H and O–H groups in total. The van der Waals surface area contributed by atoms with Crippen LogP contribution in [0.5, 0.6) is 0 Å². The Balaban J connectivity index is 1.15. The molecule has 5 heteroatoms. The minimum absolute atomic E-state index is 0.0669. The molecule has 0 radical (unpaired) electrons. The molecular formula is C37H57NO3Si. The van der Waals surface area contributed by atoms with Crippen LogP contribution in [0.25, 0.3) is 0 Å². The molecule has 4 aliphatic carbocycles. The Kier molecular flexibility index (Phi) is 7.71. The number of hydrogen-bond acceptors (Lipinski definition) is 4. The van der Waals surface area contributed by atoms with E-state index in [1.54, 1.807) is 5.57 Å². The summed E-state index contributed by atoms with van der Waals surface area (Å²) in [6.45, 7) is 20.1. The first-order chi connectivity index (χ1) is 19.7. The van der Waals surface area contributed by atoms with Gasteiger partial charge in [0.25, 0.3) is 0 Å².